The Kier molecular flexibility index (Phi) is 5.40. The number of rotatable bonds is 4. The topological polar surface area (TPSA) is 17.1 Å². The van der Waals surface area contributed by atoms with Crippen LogP contribution in [-0.2, 0) is 4.79 Å². The molecule has 0 aromatic heterocycles. The van der Waals surface area contributed by atoms with Gasteiger partial charge in [0.25, 0.3) is 0 Å². The van der Waals surface area contributed by atoms with Crippen LogP contribution in [0.4, 0.5) is 0 Å². The summed E-state index contributed by atoms with van der Waals surface area (Å²) in [6, 6.07) is 0. The maximum absolute atomic E-state index is 12.1. The van der Waals surface area contributed by atoms with Crippen molar-refractivity contribution >= 4 is 17.5 Å². The van der Waals surface area contributed by atoms with E-state index in [2.05, 4.69) is 6.92 Å². The summed E-state index contributed by atoms with van der Waals surface area (Å²) in [5, 5.41) is 0.787. The fraction of sp³-hybridized carbons (Fsp3) is 0.933. The molecular formula is C15H26OS. The summed E-state index contributed by atoms with van der Waals surface area (Å²) in [7, 11) is 0. The quantitative estimate of drug-likeness (QED) is 0.737. The minimum Gasteiger partial charge on any atom is -0.298 e. The molecule has 0 bridgehead atoms. The first-order chi connectivity index (χ1) is 8.25. The molecule has 2 fully saturated rings. The number of ketones is 1. The van der Waals surface area contributed by atoms with Crippen molar-refractivity contribution in [1.29, 1.82) is 0 Å². The summed E-state index contributed by atoms with van der Waals surface area (Å²) in [6.45, 7) is 2.32. The lowest BCUT2D eigenvalue weighted by molar-refractivity contribution is -0.121. The third-order valence-corrected chi connectivity index (χ3v) is 5.88. The molecule has 98 valence electrons. The van der Waals surface area contributed by atoms with Crippen molar-refractivity contribution in [1.82, 2.24) is 0 Å². The zero-order valence-corrected chi connectivity index (χ0v) is 11.9. The van der Waals surface area contributed by atoms with Crippen LogP contribution in [0.5, 0.6) is 0 Å². The van der Waals surface area contributed by atoms with E-state index in [0.717, 1.165) is 29.8 Å². The fourth-order valence-electron chi connectivity index (χ4n) is 3.13. The molecule has 0 saturated heterocycles. The molecule has 17 heavy (non-hydrogen) atoms. The predicted octanol–water partition coefficient (Wildman–Crippen LogP) is 4.45. The van der Waals surface area contributed by atoms with Crippen LogP contribution in [-0.4, -0.2) is 16.8 Å². The van der Waals surface area contributed by atoms with E-state index < -0.39 is 0 Å². The van der Waals surface area contributed by atoms with Crippen LogP contribution in [0.25, 0.3) is 0 Å². The molecule has 0 spiro atoms. The van der Waals surface area contributed by atoms with Gasteiger partial charge in [0.05, 0.1) is 5.75 Å². The average Bonchev–Trinajstić information content (AvgIpc) is 2.38. The summed E-state index contributed by atoms with van der Waals surface area (Å²) >= 11 is 1.95. The van der Waals surface area contributed by atoms with E-state index in [1.165, 1.54) is 44.9 Å². The molecule has 0 aliphatic heterocycles. The summed E-state index contributed by atoms with van der Waals surface area (Å²) in [5.41, 5.74) is 0. The highest BCUT2D eigenvalue weighted by Crippen LogP contribution is 2.32. The van der Waals surface area contributed by atoms with Gasteiger partial charge in [-0.15, -0.1) is 0 Å². The maximum atomic E-state index is 12.1. The molecule has 0 aromatic rings. The molecule has 0 heterocycles. The molecule has 2 rings (SSSR count). The van der Waals surface area contributed by atoms with Gasteiger partial charge in [-0.1, -0.05) is 39.0 Å². The van der Waals surface area contributed by atoms with Crippen LogP contribution in [0, 0.1) is 11.8 Å². The van der Waals surface area contributed by atoms with Crippen molar-refractivity contribution in [2.24, 2.45) is 11.8 Å². The van der Waals surface area contributed by atoms with Gasteiger partial charge in [-0.3, -0.25) is 4.79 Å². The van der Waals surface area contributed by atoms with Crippen molar-refractivity contribution in [2.75, 3.05) is 5.75 Å². The molecule has 0 N–H and O–H groups in total. The third-order valence-electron chi connectivity index (χ3n) is 4.48. The van der Waals surface area contributed by atoms with Gasteiger partial charge in [0.2, 0.25) is 0 Å². The number of carbonyl (C=O) groups is 1. The second-order valence-corrected chi connectivity index (χ2v) is 7.28. The lowest BCUT2D eigenvalue weighted by Crippen LogP contribution is -2.23. The van der Waals surface area contributed by atoms with Crippen LogP contribution in [0.15, 0.2) is 0 Å². The Bertz CT molecular complexity index is 237. The first-order valence-corrected chi connectivity index (χ1v) is 8.45. The molecule has 0 atom stereocenters. The van der Waals surface area contributed by atoms with Gasteiger partial charge in [0.1, 0.15) is 5.78 Å². The Morgan fingerprint density at radius 3 is 2.29 bits per heavy atom. The normalized spacial score (nSPS) is 31.4. The standard InChI is InChI=1S/C15H26OS/c1-12-7-9-13(10-8-12)15(16)11-17-14-5-3-2-4-6-14/h12-14H,2-11H2,1H3. The zero-order valence-electron chi connectivity index (χ0n) is 11.1. The molecule has 0 aromatic carbocycles. The SMILES string of the molecule is CC1CCC(C(=O)CSC2CCCCC2)CC1. The molecule has 0 radical (unpaired) electrons. The lowest BCUT2D eigenvalue weighted by Gasteiger charge is -2.26. The highest BCUT2D eigenvalue weighted by atomic mass is 32.2. The summed E-state index contributed by atoms with van der Waals surface area (Å²) < 4.78 is 0. The second kappa shape index (κ2) is 6.82. The Labute approximate surface area is 110 Å². The van der Waals surface area contributed by atoms with Gasteiger partial charge in [0, 0.05) is 11.2 Å². The van der Waals surface area contributed by atoms with E-state index >= 15 is 0 Å². The number of hydrogen-bond donors (Lipinski definition) is 0. The van der Waals surface area contributed by atoms with Gasteiger partial charge in [-0.2, -0.15) is 11.8 Å². The van der Waals surface area contributed by atoms with E-state index in [0.29, 0.717) is 11.7 Å². The lowest BCUT2D eigenvalue weighted by atomic mass is 9.81. The summed E-state index contributed by atoms with van der Waals surface area (Å²) in [6.07, 6.45) is 11.7. The van der Waals surface area contributed by atoms with Gasteiger partial charge < -0.3 is 0 Å². The minimum absolute atomic E-state index is 0.405. The zero-order chi connectivity index (χ0) is 12.1. The monoisotopic (exact) mass is 254 g/mol. The molecule has 2 aliphatic carbocycles. The fourth-order valence-corrected chi connectivity index (χ4v) is 4.43. The molecular weight excluding hydrogens is 228 g/mol. The van der Waals surface area contributed by atoms with Crippen molar-refractivity contribution in [2.45, 2.75) is 70.0 Å². The van der Waals surface area contributed by atoms with Crippen LogP contribution in [0.3, 0.4) is 0 Å². The Hall–Kier alpha value is 0.0200. The summed E-state index contributed by atoms with van der Waals surface area (Å²) in [4.78, 5) is 12.1. The summed E-state index contributed by atoms with van der Waals surface area (Å²) in [5.74, 6) is 2.60. The Morgan fingerprint density at radius 2 is 1.65 bits per heavy atom. The van der Waals surface area contributed by atoms with Crippen LogP contribution in [0.1, 0.15) is 64.7 Å². The molecule has 2 saturated carbocycles. The van der Waals surface area contributed by atoms with Gasteiger partial charge in [0.15, 0.2) is 0 Å². The minimum atomic E-state index is 0.405. The largest absolute Gasteiger partial charge is 0.298 e. The first kappa shape index (κ1) is 13.5. The molecule has 2 heteroatoms. The Balaban J connectivity index is 1.66. The predicted molar refractivity (Wildman–Crippen MR) is 75.5 cm³/mol. The van der Waals surface area contributed by atoms with Crippen LogP contribution >= 0.6 is 11.8 Å². The average molecular weight is 254 g/mol. The van der Waals surface area contributed by atoms with E-state index in [1.54, 1.807) is 0 Å². The van der Waals surface area contributed by atoms with Crippen LogP contribution in [0.2, 0.25) is 0 Å². The number of Topliss-reactive ketones (excluding diaryl/α,β-unsaturated/α-hetero) is 1. The van der Waals surface area contributed by atoms with E-state index in [1.807, 2.05) is 11.8 Å². The maximum Gasteiger partial charge on any atom is 0.145 e. The van der Waals surface area contributed by atoms with Crippen molar-refractivity contribution in [3.63, 3.8) is 0 Å². The molecule has 0 amide bonds. The van der Waals surface area contributed by atoms with Crippen molar-refractivity contribution in [3.8, 4) is 0 Å². The third kappa shape index (κ3) is 4.31. The highest BCUT2D eigenvalue weighted by molar-refractivity contribution is 8.00. The van der Waals surface area contributed by atoms with E-state index in [4.69, 9.17) is 0 Å². The molecule has 2 aliphatic rings. The van der Waals surface area contributed by atoms with E-state index in [-0.39, 0.29) is 0 Å². The smallest absolute Gasteiger partial charge is 0.145 e. The van der Waals surface area contributed by atoms with Crippen LogP contribution < -0.4 is 0 Å². The van der Waals surface area contributed by atoms with Crippen molar-refractivity contribution in [3.05, 3.63) is 0 Å². The Morgan fingerprint density at radius 1 is 1.00 bits per heavy atom. The number of thioether (sulfide) groups is 1. The highest BCUT2D eigenvalue weighted by Gasteiger charge is 2.25. The number of hydrogen-bond acceptors (Lipinski definition) is 2. The first-order valence-electron chi connectivity index (χ1n) is 7.40. The molecule has 1 nitrogen and oxygen atoms in total. The van der Waals surface area contributed by atoms with Gasteiger partial charge in [-0.25, -0.2) is 0 Å². The van der Waals surface area contributed by atoms with Gasteiger partial charge in [-0.05, 0) is 31.6 Å². The van der Waals surface area contributed by atoms with E-state index in [9.17, 15) is 4.79 Å². The van der Waals surface area contributed by atoms with Crippen molar-refractivity contribution < 1.29 is 4.79 Å². The molecule has 0 unspecified atom stereocenters. The number of carbonyl (C=O) groups excluding carboxylic acids is 1. The second-order valence-electron chi connectivity index (χ2n) is 5.99. The van der Waals surface area contributed by atoms with Gasteiger partial charge >= 0.3 is 0 Å².